The SMILES string of the molecule is C=C/C(F)=C(\C(F)=C/CC(O)c1c(C(C)C)nc2c(c1C1=CCCC1)C(O)CC(C)(C)C2)S(C)(C)C.CCC(C)C. The molecule has 232 valence electrons. The van der Waals surface area contributed by atoms with Crippen molar-refractivity contribution >= 4 is 15.6 Å². The number of allylic oxidation sites excluding steroid dienone is 5. The molecule has 0 fully saturated rings. The van der Waals surface area contributed by atoms with E-state index < -0.39 is 33.9 Å². The molecule has 0 radical (unpaired) electrons. The zero-order chi connectivity index (χ0) is 31.3. The van der Waals surface area contributed by atoms with Gasteiger partial charge in [-0.15, -0.1) is 0 Å². The van der Waals surface area contributed by atoms with Crippen molar-refractivity contribution in [2.24, 2.45) is 11.3 Å². The van der Waals surface area contributed by atoms with Gasteiger partial charge in [-0.1, -0.05) is 67.5 Å². The third kappa shape index (κ3) is 9.11. The maximum Gasteiger partial charge on any atom is 0.137 e. The summed E-state index contributed by atoms with van der Waals surface area (Å²) in [5, 5.41) is 22.8. The van der Waals surface area contributed by atoms with Gasteiger partial charge < -0.3 is 10.2 Å². The summed E-state index contributed by atoms with van der Waals surface area (Å²) in [7, 11) is -1.71. The third-order valence-corrected chi connectivity index (χ3v) is 9.53. The van der Waals surface area contributed by atoms with Gasteiger partial charge in [0.1, 0.15) is 11.7 Å². The number of aliphatic hydroxyl groups is 2. The van der Waals surface area contributed by atoms with E-state index in [1.165, 1.54) is 12.5 Å². The van der Waals surface area contributed by atoms with Crippen molar-refractivity contribution < 1.29 is 19.0 Å². The van der Waals surface area contributed by atoms with E-state index in [9.17, 15) is 14.6 Å². The van der Waals surface area contributed by atoms with Gasteiger partial charge in [0.05, 0.1) is 17.1 Å². The summed E-state index contributed by atoms with van der Waals surface area (Å²) in [6.07, 6.45) is 13.8. The molecule has 2 aliphatic rings. The normalized spacial score (nSPS) is 20.6. The molecule has 0 saturated carbocycles. The van der Waals surface area contributed by atoms with Gasteiger partial charge in [-0.05, 0) is 97.8 Å². The van der Waals surface area contributed by atoms with Crippen molar-refractivity contribution in [2.75, 3.05) is 18.8 Å². The molecule has 0 spiro atoms. The number of pyridine rings is 1. The number of aromatic nitrogens is 1. The molecule has 3 nitrogen and oxygen atoms in total. The van der Waals surface area contributed by atoms with Gasteiger partial charge in [0, 0.05) is 22.5 Å². The average Bonchev–Trinajstić information content (AvgIpc) is 3.39. The molecule has 1 aromatic rings. The lowest BCUT2D eigenvalue weighted by atomic mass is 9.71. The first-order valence-corrected chi connectivity index (χ1v) is 18.0. The first kappa shape index (κ1) is 35.4. The van der Waals surface area contributed by atoms with Crippen LogP contribution in [0, 0.1) is 11.3 Å². The van der Waals surface area contributed by atoms with E-state index in [2.05, 4.69) is 47.3 Å². The second-order valence-corrected chi connectivity index (χ2v) is 17.9. The van der Waals surface area contributed by atoms with Crippen LogP contribution in [0.15, 0.2) is 41.4 Å². The van der Waals surface area contributed by atoms with Crippen molar-refractivity contribution in [2.45, 2.75) is 112 Å². The lowest BCUT2D eigenvalue weighted by Gasteiger charge is -2.37. The van der Waals surface area contributed by atoms with Crippen LogP contribution in [0.3, 0.4) is 0 Å². The van der Waals surface area contributed by atoms with E-state index in [0.29, 0.717) is 12.0 Å². The first-order chi connectivity index (χ1) is 18.9. The molecule has 1 heterocycles. The fraction of sp³-hybridized carbons (Fsp3) is 0.629. The maximum absolute atomic E-state index is 15.3. The van der Waals surface area contributed by atoms with Gasteiger partial charge in [0.15, 0.2) is 0 Å². The van der Waals surface area contributed by atoms with Gasteiger partial charge in [0.2, 0.25) is 0 Å². The van der Waals surface area contributed by atoms with Crippen LogP contribution in [-0.2, 0) is 6.42 Å². The smallest absolute Gasteiger partial charge is 0.137 e. The van der Waals surface area contributed by atoms with E-state index >= 15 is 4.39 Å². The van der Waals surface area contributed by atoms with E-state index in [-0.39, 0.29) is 22.7 Å². The number of hydrogen-bond acceptors (Lipinski definition) is 3. The van der Waals surface area contributed by atoms with Gasteiger partial charge in [-0.2, -0.15) is 0 Å². The van der Waals surface area contributed by atoms with Gasteiger partial charge in [-0.3, -0.25) is 4.98 Å². The Morgan fingerprint density at radius 1 is 1.20 bits per heavy atom. The molecule has 0 saturated heterocycles. The largest absolute Gasteiger partial charge is 0.388 e. The van der Waals surface area contributed by atoms with Crippen LogP contribution in [0.1, 0.15) is 133 Å². The molecule has 0 amide bonds. The molecule has 6 heteroatoms. The standard InChI is InChI=1S/C30H43F2NO2S.C5H12/c1-9-20(31)29(36(6,7)8)21(32)14-15-23(34)27-25(19-12-10-11-13-19)26-22(33-28(27)18(2)3)16-30(4,5)17-24(26)35;1-4-5(2)3/h9,12,14,18,23-24,34-35H,1,10-11,13,15-17H2,2-8H3;5H,4H2,1-3H3/b21-14+,29-20-;. The van der Waals surface area contributed by atoms with Crippen LogP contribution in [-0.4, -0.2) is 34.0 Å². The van der Waals surface area contributed by atoms with E-state index in [1.54, 1.807) is 0 Å². The molecular formula is C35H55F2NO2S. The van der Waals surface area contributed by atoms with Crippen LogP contribution in [0.2, 0.25) is 0 Å². The van der Waals surface area contributed by atoms with Crippen molar-refractivity contribution in [3.8, 4) is 0 Å². The Bertz CT molecular complexity index is 1170. The predicted molar refractivity (Wildman–Crippen MR) is 175 cm³/mol. The molecule has 41 heavy (non-hydrogen) atoms. The highest BCUT2D eigenvalue weighted by atomic mass is 32.3. The molecule has 0 aromatic carbocycles. The number of fused-ring (bicyclic) bond motifs is 1. The molecular weight excluding hydrogens is 536 g/mol. The minimum atomic E-state index is -1.71. The zero-order valence-electron chi connectivity index (χ0n) is 27.2. The monoisotopic (exact) mass is 591 g/mol. The fourth-order valence-electron chi connectivity index (χ4n) is 5.57. The molecule has 1 aromatic heterocycles. The minimum Gasteiger partial charge on any atom is -0.388 e. The van der Waals surface area contributed by atoms with Crippen LogP contribution in [0.4, 0.5) is 8.78 Å². The number of hydrogen-bond donors (Lipinski definition) is 2. The van der Waals surface area contributed by atoms with Crippen molar-refractivity contribution in [3.05, 3.63) is 69.4 Å². The second kappa shape index (κ2) is 14.6. The molecule has 0 bridgehead atoms. The summed E-state index contributed by atoms with van der Waals surface area (Å²) in [5.74, 6) is -0.407. The van der Waals surface area contributed by atoms with Crippen LogP contribution in [0.25, 0.3) is 5.57 Å². The topological polar surface area (TPSA) is 53.4 Å². The predicted octanol–water partition coefficient (Wildman–Crippen LogP) is 10.2. The second-order valence-electron chi connectivity index (χ2n) is 13.8. The van der Waals surface area contributed by atoms with Crippen LogP contribution >= 0.6 is 10.0 Å². The van der Waals surface area contributed by atoms with Crippen LogP contribution < -0.4 is 0 Å². The Balaban J connectivity index is 0.00000108. The van der Waals surface area contributed by atoms with Crippen molar-refractivity contribution in [1.29, 1.82) is 0 Å². The van der Waals surface area contributed by atoms with Crippen LogP contribution in [0.5, 0.6) is 0 Å². The van der Waals surface area contributed by atoms with Gasteiger partial charge in [0.25, 0.3) is 0 Å². The highest BCUT2D eigenvalue weighted by Crippen LogP contribution is 2.52. The number of nitrogens with zero attached hydrogens (tertiary/aromatic N) is 1. The van der Waals surface area contributed by atoms with E-state index in [4.69, 9.17) is 4.98 Å². The number of rotatable bonds is 9. The van der Waals surface area contributed by atoms with Crippen molar-refractivity contribution in [1.82, 2.24) is 4.98 Å². The Morgan fingerprint density at radius 3 is 2.27 bits per heavy atom. The first-order valence-electron chi connectivity index (χ1n) is 15.1. The molecule has 2 N–H and O–H groups in total. The molecule has 2 unspecified atom stereocenters. The average molecular weight is 592 g/mol. The Morgan fingerprint density at radius 2 is 1.80 bits per heavy atom. The molecule has 3 rings (SSSR count). The van der Waals surface area contributed by atoms with Gasteiger partial charge in [-0.25, -0.2) is 18.8 Å². The lowest BCUT2D eigenvalue weighted by Crippen LogP contribution is -2.29. The molecule has 2 aliphatic carbocycles. The Labute approximate surface area is 250 Å². The maximum atomic E-state index is 15.3. The lowest BCUT2D eigenvalue weighted by molar-refractivity contribution is 0.0969. The Hall–Kier alpha value is -1.76. The summed E-state index contributed by atoms with van der Waals surface area (Å²) in [6.45, 7) is 18.5. The summed E-state index contributed by atoms with van der Waals surface area (Å²) in [5.41, 5.74) is 5.15. The summed E-state index contributed by atoms with van der Waals surface area (Å²) in [6, 6.07) is 0. The fourth-order valence-corrected chi connectivity index (χ4v) is 6.90. The van der Waals surface area contributed by atoms with E-state index in [0.717, 1.165) is 65.8 Å². The quantitative estimate of drug-likeness (QED) is 0.281. The highest BCUT2D eigenvalue weighted by molar-refractivity contribution is 8.35. The minimum absolute atomic E-state index is 0.0165. The molecule has 0 aliphatic heterocycles. The number of aliphatic hydroxyl groups excluding tert-OH is 2. The Kier molecular flexibility index (Phi) is 12.6. The molecule has 2 atom stereocenters. The zero-order valence-corrected chi connectivity index (χ0v) is 28.0. The van der Waals surface area contributed by atoms with E-state index in [1.807, 2.05) is 32.6 Å². The third-order valence-electron chi connectivity index (χ3n) is 7.91. The number of halogens is 2. The summed E-state index contributed by atoms with van der Waals surface area (Å²) in [4.78, 5) is 5.04. The summed E-state index contributed by atoms with van der Waals surface area (Å²) >= 11 is 0. The highest BCUT2D eigenvalue weighted by Gasteiger charge is 2.38. The van der Waals surface area contributed by atoms with Crippen molar-refractivity contribution in [3.63, 3.8) is 0 Å². The summed E-state index contributed by atoms with van der Waals surface area (Å²) < 4.78 is 29.8. The van der Waals surface area contributed by atoms with Gasteiger partial charge >= 0.3 is 0 Å².